The van der Waals surface area contributed by atoms with Crippen LogP contribution in [0, 0.1) is 0 Å². The first kappa shape index (κ1) is 22.3. The Labute approximate surface area is 236 Å². The Morgan fingerprint density at radius 3 is 2.67 bits per heavy atom. The van der Waals surface area contributed by atoms with Crippen LogP contribution in [-0.2, 0) is 11.8 Å². The molecule has 0 aromatic carbocycles. The van der Waals surface area contributed by atoms with Gasteiger partial charge in [-0.25, -0.2) is 15.0 Å². The fourth-order valence-electron chi connectivity index (χ4n) is 5.04. The third-order valence-corrected chi connectivity index (χ3v) is 7.25. The minimum absolute atomic E-state index is 0.0845. The number of anilines is 6. The van der Waals surface area contributed by atoms with Crippen LogP contribution in [0.3, 0.4) is 0 Å². The number of morpholine rings is 1. The van der Waals surface area contributed by atoms with Gasteiger partial charge in [0.15, 0.2) is 11.6 Å². The summed E-state index contributed by atoms with van der Waals surface area (Å²) in [6, 6.07) is 7.29. The molecular weight excluding hydrogens is 508 g/mol. The molecule has 6 rings (SSSR count). The lowest BCUT2D eigenvalue weighted by Gasteiger charge is -2.33. The number of ether oxygens (including phenoxy) is 1. The lowest BCUT2D eigenvalue weighted by Crippen LogP contribution is -2.36. The molecular formula is C28H32N10O2. The lowest BCUT2D eigenvalue weighted by atomic mass is 9.98. The quantitative estimate of drug-likeness (QED) is 0.327. The highest BCUT2D eigenvalue weighted by atomic mass is 16.5. The Morgan fingerprint density at radius 1 is 1.07 bits per heavy atom. The summed E-state index contributed by atoms with van der Waals surface area (Å²) in [6.07, 6.45) is 4.21. The van der Waals surface area contributed by atoms with E-state index in [0.717, 1.165) is 41.4 Å². The molecule has 1 fully saturated rings. The normalized spacial score (nSPS) is 17.8. The van der Waals surface area contributed by atoms with Gasteiger partial charge in [0, 0.05) is 61.7 Å². The molecule has 206 valence electrons. The van der Waals surface area contributed by atoms with E-state index in [1.807, 2.05) is 37.1 Å². The number of carbonyl (C=O) groups excluding carboxylic acids is 1. The van der Waals surface area contributed by atoms with Gasteiger partial charge in [-0.1, -0.05) is 6.85 Å². The highest BCUT2D eigenvalue weighted by molar-refractivity contribution is 6.02. The number of fused-ring (bicyclic) bond motifs is 3. The Bertz CT molecular complexity index is 1650. The molecule has 12 nitrogen and oxygen atoms in total. The van der Waals surface area contributed by atoms with E-state index in [9.17, 15) is 4.79 Å². The molecule has 4 aromatic rings. The maximum Gasteiger partial charge on any atom is 0.166 e. The van der Waals surface area contributed by atoms with Crippen molar-refractivity contribution in [2.45, 2.75) is 26.2 Å². The smallest absolute Gasteiger partial charge is 0.166 e. The van der Waals surface area contributed by atoms with Crippen LogP contribution in [0.5, 0.6) is 0 Å². The zero-order valence-electron chi connectivity index (χ0n) is 25.5. The minimum atomic E-state index is -2.43. The summed E-state index contributed by atoms with van der Waals surface area (Å²) in [7, 11) is 3.73. The Hall–Kier alpha value is -4.58. The molecule has 0 aliphatic carbocycles. The SMILES string of the molecule is [2H]C([2H])([2H])CC(=O)c1cnc(Nc2ccc(N3CCOCC3)cn2)cc1Nc1nccc2c1N(C)[C@H](C)c1nn(C)nc1-2. The van der Waals surface area contributed by atoms with Crippen molar-refractivity contribution in [3.63, 3.8) is 0 Å². The molecule has 12 heteroatoms. The molecule has 2 aliphatic rings. The molecule has 2 aliphatic heterocycles. The summed E-state index contributed by atoms with van der Waals surface area (Å²) in [5, 5.41) is 15.6. The number of hydrogen-bond acceptors (Lipinski definition) is 11. The van der Waals surface area contributed by atoms with Crippen molar-refractivity contribution in [1.82, 2.24) is 29.9 Å². The van der Waals surface area contributed by atoms with E-state index in [0.29, 0.717) is 36.4 Å². The van der Waals surface area contributed by atoms with Crippen molar-refractivity contribution in [1.29, 1.82) is 0 Å². The first-order chi connectivity index (χ1) is 20.6. The van der Waals surface area contributed by atoms with Crippen LogP contribution in [0.25, 0.3) is 11.3 Å². The van der Waals surface area contributed by atoms with E-state index >= 15 is 0 Å². The van der Waals surface area contributed by atoms with Crippen molar-refractivity contribution >= 4 is 40.3 Å². The number of aromatic nitrogens is 6. The van der Waals surface area contributed by atoms with Crippen LogP contribution < -0.4 is 20.4 Å². The molecule has 0 radical (unpaired) electrons. The van der Waals surface area contributed by atoms with Crippen LogP contribution in [0.1, 0.15) is 46.4 Å². The van der Waals surface area contributed by atoms with Crippen LogP contribution in [0.2, 0.25) is 0 Å². The summed E-state index contributed by atoms with van der Waals surface area (Å²) in [6.45, 7) is 2.57. The number of nitrogens with one attached hydrogen (secondary N) is 2. The van der Waals surface area contributed by atoms with Gasteiger partial charge in [0.25, 0.3) is 0 Å². The molecule has 0 spiro atoms. The molecule has 1 atom stereocenters. The van der Waals surface area contributed by atoms with Crippen molar-refractivity contribution in [2.75, 3.05) is 53.8 Å². The molecule has 0 amide bonds. The number of Topliss-reactive ketones (excluding diaryl/α,β-unsaturated/α-hetero) is 1. The lowest BCUT2D eigenvalue weighted by molar-refractivity contribution is 0.0988. The zero-order chi connectivity index (χ0) is 30.3. The number of nitrogens with zero attached hydrogens (tertiary/aromatic N) is 8. The molecule has 0 bridgehead atoms. The van der Waals surface area contributed by atoms with E-state index in [2.05, 4.69) is 40.7 Å². The molecule has 4 aromatic heterocycles. The highest BCUT2D eigenvalue weighted by Crippen LogP contribution is 2.45. The highest BCUT2D eigenvalue weighted by Gasteiger charge is 2.32. The average Bonchev–Trinajstić information content (AvgIpc) is 3.38. The molecule has 2 N–H and O–H groups in total. The van der Waals surface area contributed by atoms with Gasteiger partial charge in [-0.2, -0.15) is 15.0 Å². The molecule has 6 heterocycles. The summed E-state index contributed by atoms with van der Waals surface area (Å²) in [4.78, 5) is 32.5. The number of ketones is 1. The van der Waals surface area contributed by atoms with E-state index in [-0.39, 0.29) is 11.6 Å². The zero-order valence-corrected chi connectivity index (χ0v) is 22.5. The van der Waals surface area contributed by atoms with Gasteiger partial charge in [-0.05, 0) is 25.1 Å². The Morgan fingerprint density at radius 2 is 1.90 bits per heavy atom. The van der Waals surface area contributed by atoms with Gasteiger partial charge in [0.05, 0.1) is 48.1 Å². The first-order valence-electron chi connectivity index (χ1n) is 14.6. The van der Waals surface area contributed by atoms with Crippen LogP contribution in [0.4, 0.5) is 34.5 Å². The number of hydrogen-bond donors (Lipinski definition) is 2. The summed E-state index contributed by atoms with van der Waals surface area (Å²) in [5.41, 5.74) is 4.74. The fourth-order valence-corrected chi connectivity index (χ4v) is 5.04. The first-order valence-corrected chi connectivity index (χ1v) is 13.1. The summed E-state index contributed by atoms with van der Waals surface area (Å²) in [5.74, 6) is 0.909. The average molecular weight is 544 g/mol. The second kappa shape index (κ2) is 10.5. The van der Waals surface area contributed by atoms with Gasteiger partial charge < -0.3 is 25.2 Å². The van der Waals surface area contributed by atoms with Crippen LogP contribution in [-0.4, -0.2) is 69.1 Å². The van der Waals surface area contributed by atoms with Gasteiger partial charge >= 0.3 is 0 Å². The van der Waals surface area contributed by atoms with Gasteiger partial charge in [-0.15, -0.1) is 0 Å². The van der Waals surface area contributed by atoms with Gasteiger partial charge in [-0.3, -0.25) is 4.79 Å². The number of carbonyl (C=O) groups is 1. The Balaban J connectivity index is 1.34. The maximum absolute atomic E-state index is 13.2. The van der Waals surface area contributed by atoms with Crippen molar-refractivity contribution in [2.24, 2.45) is 7.05 Å². The summed E-state index contributed by atoms with van der Waals surface area (Å²) < 4.78 is 28.3. The van der Waals surface area contributed by atoms with E-state index in [1.54, 1.807) is 30.3 Å². The van der Waals surface area contributed by atoms with Crippen LogP contribution >= 0.6 is 0 Å². The van der Waals surface area contributed by atoms with E-state index in [1.165, 1.54) is 6.20 Å². The monoisotopic (exact) mass is 543 g/mol. The minimum Gasteiger partial charge on any atom is -0.378 e. The summed E-state index contributed by atoms with van der Waals surface area (Å²) >= 11 is 0. The molecule has 0 unspecified atom stereocenters. The number of pyridine rings is 3. The third-order valence-electron chi connectivity index (χ3n) is 7.25. The second-order valence-corrected chi connectivity index (χ2v) is 9.73. The number of aryl methyl sites for hydroxylation is 1. The third kappa shape index (κ3) is 4.70. The van der Waals surface area contributed by atoms with Gasteiger partial charge in [0.1, 0.15) is 23.0 Å². The van der Waals surface area contributed by atoms with E-state index < -0.39 is 19.1 Å². The second-order valence-electron chi connectivity index (χ2n) is 9.73. The topological polar surface area (TPSA) is 126 Å². The van der Waals surface area contributed by atoms with Crippen molar-refractivity contribution in [3.8, 4) is 11.3 Å². The van der Waals surface area contributed by atoms with Gasteiger partial charge in [0.2, 0.25) is 0 Å². The standard InChI is InChI=1S/C28H32N10O2/c1-5-22(39)20-16-31-24(33-23-7-6-18(15-30-23)38-10-12-40-13-11-38)14-21(20)32-28-27-19(8-9-29-28)26-25(17(2)36(27)3)34-37(4)35-26/h6-9,14-17H,5,10-13H2,1-4H3,(H2,29,30,31,32,33)/t17-/m1/s1/i1D3. The molecule has 0 saturated carbocycles. The molecule has 40 heavy (non-hydrogen) atoms. The van der Waals surface area contributed by atoms with Crippen molar-refractivity contribution < 1.29 is 13.6 Å². The van der Waals surface area contributed by atoms with Crippen LogP contribution in [0.15, 0.2) is 42.9 Å². The predicted octanol–water partition coefficient (Wildman–Crippen LogP) is 4.09. The van der Waals surface area contributed by atoms with E-state index in [4.69, 9.17) is 8.85 Å². The number of rotatable bonds is 7. The molecule has 1 saturated heterocycles. The fraction of sp³-hybridized carbons (Fsp3) is 0.357. The predicted molar refractivity (Wildman–Crippen MR) is 154 cm³/mol. The largest absolute Gasteiger partial charge is 0.378 e. The Kier molecular flexibility index (Phi) is 5.86. The maximum atomic E-state index is 13.2. The van der Waals surface area contributed by atoms with Crippen molar-refractivity contribution in [3.05, 3.63) is 54.1 Å².